The zero-order valence-electron chi connectivity index (χ0n) is 12.4. The third kappa shape index (κ3) is 2.96. The maximum absolute atomic E-state index is 12.8. The van der Waals surface area contributed by atoms with Gasteiger partial charge >= 0.3 is 5.97 Å². The summed E-state index contributed by atoms with van der Waals surface area (Å²) in [6.07, 6.45) is 0. The first kappa shape index (κ1) is 16.0. The molecular weight excluding hydrogens is 302 g/mol. The maximum atomic E-state index is 12.8. The largest absolute Gasteiger partial charge is 0.465 e. The number of benzene rings is 2. The third-order valence-corrected chi connectivity index (χ3v) is 5.10. The van der Waals surface area contributed by atoms with Crippen LogP contribution in [0.4, 0.5) is 5.69 Å². The van der Waals surface area contributed by atoms with Crippen molar-refractivity contribution in [3.05, 3.63) is 60.2 Å². The number of para-hydroxylation sites is 1. The summed E-state index contributed by atoms with van der Waals surface area (Å²) in [5.74, 6) is -0.572. The predicted molar refractivity (Wildman–Crippen MR) is 84.4 cm³/mol. The Morgan fingerprint density at radius 2 is 1.64 bits per heavy atom. The summed E-state index contributed by atoms with van der Waals surface area (Å²) in [5.41, 5.74) is 0.520. The predicted octanol–water partition coefficient (Wildman–Crippen LogP) is 2.69. The molecule has 0 aliphatic heterocycles. The van der Waals surface area contributed by atoms with E-state index in [9.17, 15) is 13.2 Å². The number of nitrogens with zero attached hydrogens (tertiary/aromatic N) is 1. The van der Waals surface area contributed by atoms with E-state index in [0.29, 0.717) is 5.69 Å². The van der Waals surface area contributed by atoms with Gasteiger partial charge in [0.15, 0.2) is 0 Å². The van der Waals surface area contributed by atoms with Crippen molar-refractivity contribution in [2.75, 3.05) is 18.0 Å². The molecule has 2 aromatic carbocycles. The Kier molecular flexibility index (Phi) is 4.82. The zero-order valence-corrected chi connectivity index (χ0v) is 13.2. The van der Waals surface area contributed by atoms with Crippen LogP contribution in [0.5, 0.6) is 0 Å². The molecule has 0 bridgehead atoms. The van der Waals surface area contributed by atoms with Gasteiger partial charge in [0.2, 0.25) is 0 Å². The Morgan fingerprint density at radius 3 is 2.23 bits per heavy atom. The Hall–Kier alpha value is -2.34. The quantitative estimate of drug-likeness (QED) is 0.795. The van der Waals surface area contributed by atoms with Crippen LogP contribution in [0.2, 0.25) is 0 Å². The molecule has 2 aromatic rings. The van der Waals surface area contributed by atoms with E-state index in [0.717, 1.165) is 0 Å². The Labute approximate surface area is 130 Å². The lowest BCUT2D eigenvalue weighted by atomic mass is 10.2. The van der Waals surface area contributed by atoms with Crippen LogP contribution in [0.15, 0.2) is 59.5 Å². The summed E-state index contributed by atoms with van der Waals surface area (Å²) in [6, 6.07) is 14.6. The van der Waals surface area contributed by atoms with Gasteiger partial charge in [-0.2, -0.15) is 0 Å². The second-order valence-corrected chi connectivity index (χ2v) is 6.35. The fourth-order valence-corrected chi connectivity index (χ4v) is 3.68. The average molecular weight is 319 g/mol. The van der Waals surface area contributed by atoms with E-state index in [2.05, 4.69) is 0 Å². The van der Waals surface area contributed by atoms with Crippen molar-refractivity contribution < 1.29 is 17.9 Å². The lowest BCUT2D eigenvalue weighted by molar-refractivity contribution is 0.0601. The molecule has 22 heavy (non-hydrogen) atoms. The van der Waals surface area contributed by atoms with E-state index in [1.54, 1.807) is 49.4 Å². The van der Waals surface area contributed by atoms with Gasteiger partial charge in [0.05, 0.1) is 23.3 Å². The number of carbonyl (C=O) groups is 1. The second kappa shape index (κ2) is 6.62. The Balaban J connectivity index is 2.57. The summed E-state index contributed by atoms with van der Waals surface area (Å²) in [7, 11) is -2.48. The minimum Gasteiger partial charge on any atom is -0.465 e. The lowest BCUT2D eigenvalue weighted by Crippen LogP contribution is -2.32. The number of methoxy groups -OCH3 is 1. The number of sulfonamides is 1. The van der Waals surface area contributed by atoms with Crippen LogP contribution >= 0.6 is 0 Å². The van der Waals surface area contributed by atoms with Crippen molar-refractivity contribution in [3.8, 4) is 0 Å². The number of carbonyl (C=O) groups excluding carboxylic acids is 1. The molecular formula is C16H17NO4S. The highest BCUT2D eigenvalue weighted by Crippen LogP contribution is 2.27. The summed E-state index contributed by atoms with van der Waals surface area (Å²) >= 11 is 0. The summed E-state index contributed by atoms with van der Waals surface area (Å²) in [5, 5.41) is 0. The normalized spacial score (nSPS) is 11.0. The van der Waals surface area contributed by atoms with E-state index in [1.165, 1.54) is 23.5 Å². The molecule has 0 spiro atoms. The number of ether oxygens (including phenoxy) is 1. The van der Waals surface area contributed by atoms with Crippen LogP contribution in [-0.2, 0) is 14.8 Å². The topological polar surface area (TPSA) is 63.7 Å². The van der Waals surface area contributed by atoms with Crippen LogP contribution in [0.3, 0.4) is 0 Å². The molecule has 0 fully saturated rings. The van der Waals surface area contributed by atoms with Crippen molar-refractivity contribution in [2.24, 2.45) is 0 Å². The second-order valence-electron chi connectivity index (χ2n) is 4.49. The van der Waals surface area contributed by atoms with Gasteiger partial charge < -0.3 is 4.74 Å². The molecule has 0 amide bonds. The minimum atomic E-state index is -3.74. The monoisotopic (exact) mass is 319 g/mol. The van der Waals surface area contributed by atoms with Crippen LogP contribution in [0.1, 0.15) is 17.3 Å². The summed E-state index contributed by atoms with van der Waals surface area (Å²) in [4.78, 5) is 12.1. The highest BCUT2D eigenvalue weighted by atomic mass is 32.2. The van der Waals surface area contributed by atoms with E-state index < -0.39 is 16.0 Å². The number of esters is 1. The van der Waals surface area contributed by atoms with E-state index in [4.69, 9.17) is 4.74 Å². The molecule has 0 atom stereocenters. The highest BCUT2D eigenvalue weighted by Gasteiger charge is 2.26. The zero-order chi connectivity index (χ0) is 16.2. The van der Waals surface area contributed by atoms with E-state index >= 15 is 0 Å². The molecule has 116 valence electrons. The molecule has 0 aromatic heterocycles. The van der Waals surface area contributed by atoms with Crippen LogP contribution in [0, 0.1) is 0 Å². The molecule has 0 heterocycles. The fourth-order valence-electron chi connectivity index (χ4n) is 2.16. The van der Waals surface area contributed by atoms with Crippen LogP contribution < -0.4 is 4.31 Å². The summed E-state index contributed by atoms with van der Waals surface area (Å²) < 4.78 is 31.5. The van der Waals surface area contributed by atoms with Crippen molar-refractivity contribution >= 4 is 21.7 Å². The molecule has 0 saturated carbocycles. The first-order chi connectivity index (χ1) is 10.5. The van der Waals surface area contributed by atoms with Crippen LogP contribution in [-0.4, -0.2) is 28.0 Å². The van der Waals surface area contributed by atoms with Gasteiger partial charge in [-0.15, -0.1) is 0 Å². The molecule has 0 N–H and O–H groups in total. The Morgan fingerprint density at radius 1 is 1.05 bits per heavy atom. The standard InChI is InChI=1S/C16H17NO4S/c1-3-17(22(19,20)13-9-5-4-6-10-13)15-12-8-7-11-14(15)16(18)21-2/h4-12H,3H2,1-2H3. The van der Waals surface area contributed by atoms with Crippen molar-refractivity contribution in [2.45, 2.75) is 11.8 Å². The number of hydrogen-bond acceptors (Lipinski definition) is 4. The van der Waals surface area contributed by atoms with Gasteiger partial charge in [0.25, 0.3) is 10.0 Å². The van der Waals surface area contributed by atoms with Crippen molar-refractivity contribution in [1.82, 2.24) is 0 Å². The summed E-state index contributed by atoms with van der Waals surface area (Å²) in [6.45, 7) is 1.92. The third-order valence-electron chi connectivity index (χ3n) is 3.20. The molecule has 0 saturated heterocycles. The lowest BCUT2D eigenvalue weighted by Gasteiger charge is -2.24. The smallest absolute Gasteiger partial charge is 0.340 e. The molecule has 2 rings (SSSR count). The fraction of sp³-hybridized carbons (Fsp3) is 0.188. The molecule has 5 nitrogen and oxygen atoms in total. The number of hydrogen-bond donors (Lipinski definition) is 0. The van der Waals surface area contributed by atoms with Crippen LogP contribution in [0.25, 0.3) is 0 Å². The molecule has 0 aliphatic rings. The first-order valence-electron chi connectivity index (χ1n) is 6.77. The van der Waals surface area contributed by atoms with Gasteiger partial charge in [-0.25, -0.2) is 13.2 Å². The van der Waals surface area contributed by atoms with Crippen molar-refractivity contribution in [1.29, 1.82) is 0 Å². The first-order valence-corrected chi connectivity index (χ1v) is 8.21. The molecule has 0 aliphatic carbocycles. The van der Waals surface area contributed by atoms with Crippen molar-refractivity contribution in [3.63, 3.8) is 0 Å². The van der Waals surface area contributed by atoms with Gasteiger partial charge in [0.1, 0.15) is 0 Å². The minimum absolute atomic E-state index is 0.177. The average Bonchev–Trinajstić information content (AvgIpc) is 2.56. The van der Waals surface area contributed by atoms with E-state index in [-0.39, 0.29) is 17.0 Å². The molecule has 6 heteroatoms. The number of rotatable bonds is 5. The number of anilines is 1. The van der Waals surface area contributed by atoms with Gasteiger partial charge in [0, 0.05) is 6.54 Å². The van der Waals surface area contributed by atoms with Gasteiger partial charge in [-0.3, -0.25) is 4.31 Å². The molecule has 0 radical (unpaired) electrons. The highest BCUT2D eigenvalue weighted by molar-refractivity contribution is 7.92. The molecule has 0 unspecified atom stereocenters. The van der Waals surface area contributed by atoms with E-state index in [1.807, 2.05) is 0 Å². The van der Waals surface area contributed by atoms with Gasteiger partial charge in [-0.1, -0.05) is 30.3 Å². The van der Waals surface area contributed by atoms with Gasteiger partial charge in [-0.05, 0) is 31.2 Å². The maximum Gasteiger partial charge on any atom is 0.340 e. The Bertz CT molecular complexity index is 757. The SMILES string of the molecule is CCN(c1ccccc1C(=O)OC)S(=O)(=O)c1ccccc1.